The van der Waals surface area contributed by atoms with Gasteiger partial charge in [-0.25, -0.2) is 4.79 Å². The van der Waals surface area contributed by atoms with Crippen LogP contribution in [-0.4, -0.2) is 39.0 Å². The monoisotopic (exact) mass is 457 g/mol. The van der Waals surface area contributed by atoms with Gasteiger partial charge >= 0.3 is 6.03 Å². The first kappa shape index (κ1) is 21.2. The molecule has 0 bridgehead atoms. The Kier molecular flexibility index (Phi) is 5.23. The van der Waals surface area contributed by atoms with Crippen molar-refractivity contribution in [3.63, 3.8) is 0 Å². The lowest BCUT2D eigenvalue weighted by atomic mass is 9.93. The molecule has 4 rings (SSSR count). The minimum atomic E-state index is -0.796. The van der Waals surface area contributed by atoms with Crippen molar-refractivity contribution < 1.29 is 14.4 Å². The number of amides is 4. The molecule has 32 heavy (non-hydrogen) atoms. The Hall–Kier alpha value is -4.04. The Morgan fingerprint density at radius 1 is 0.719 bits per heavy atom. The van der Waals surface area contributed by atoms with Crippen LogP contribution >= 0.6 is 23.9 Å². The van der Waals surface area contributed by atoms with Gasteiger partial charge in [0.25, 0.3) is 11.8 Å². The molecule has 1 aliphatic heterocycles. The van der Waals surface area contributed by atoms with Crippen molar-refractivity contribution in [2.24, 2.45) is 0 Å². The molecule has 0 saturated carbocycles. The highest BCUT2D eigenvalue weighted by Crippen LogP contribution is 2.49. The average molecular weight is 457 g/mol. The second-order valence-corrected chi connectivity index (χ2v) is 8.10. The minimum absolute atomic E-state index is 0.182. The predicted molar refractivity (Wildman–Crippen MR) is 118 cm³/mol. The first-order valence-electron chi connectivity index (χ1n) is 9.00. The number of fused-ring (bicyclic) bond motifs is 3. The predicted octanol–water partition coefficient (Wildman–Crippen LogP) is 3.43. The molecule has 2 aliphatic rings. The summed E-state index contributed by atoms with van der Waals surface area (Å²) in [5.41, 5.74) is 2.42. The number of benzene rings is 2. The molecule has 10 heteroatoms. The van der Waals surface area contributed by atoms with Crippen LogP contribution in [0.3, 0.4) is 0 Å². The number of barbiturate groups is 1. The van der Waals surface area contributed by atoms with E-state index in [1.807, 2.05) is 12.1 Å². The molecule has 1 aliphatic carbocycles. The molecule has 0 aromatic heterocycles. The lowest BCUT2D eigenvalue weighted by molar-refractivity contribution is -0.129. The van der Waals surface area contributed by atoms with Crippen LogP contribution in [0.1, 0.15) is 27.8 Å². The normalized spacial score (nSPS) is 14.7. The number of imide groups is 2. The fourth-order valence-corrected chi connectivity index (χ4v) is 4.86. The summed E-state index contributed by atoms with van der Waals surface area (Å²) in [6.07, 6.45) is 3.08. The van der Waals surface area contributed by atoms with E-state index < -0.39 is 17.8 Å². The molecule has 0 radical (unpaired) electrons. The number of urea groups is 1. The maximum absolute atomic E-state index is 13.3. The van der Waals surface area contributed by atoms with E-state index in [9.17, 15) is 30.2 Å². The number of nitriles is 3. The van der Waals surface area contributed by atoms with Gasteiger partial charge in [0, 0.05) is 23.6 Å². The van der Waals surface area contributed by atoms with Crippen molar-refractivity contribution in [1.82, 2.24) is 8.61 Å². The zero-order chi connectivity index (χ0) is 23.2. The van der Waals surface area contributed by atoms with E-state index in [0.29, 0.717) is 27.8 Å². The molecule has 1 fully saturated rings. The fraction of sp³-hybridized carbons (Fsp3) is 0.0909. The molecule has 4 amide bonds. The molecule has 2 aromatic carbocycles. The summed E-state index contributed by atoms with van der Waals surface area (Å²) < 4.78 is 1.76. The van der Waals surface area contributed by atoms with Crippen LogP contribution in [0, 0.1) is 34.0 Å². The van der Waals surface area contributed by atoms with Gasteiger partial charge in [0.05, 0.1) is 34.9 Å². The van der Waals surface area contributed by atoms with Gasteiger partial charge in [-0.1, -0.05) is 6.07 Å². The Morgan fingerprint density at radius 3 is 1.84 bits per heavy atom. The van der Waals surface area contributed by atoms with E-state index in [1.54, 1.807) is 12.1 Å². The van der Waals surface area contributed by atoms with E-state index >= 15 is 0 Å². The number of hydrogen-bond donors (Lipinski definition) is 0. The van der Waals surface area contributed by atoms with Gasteiger partial charge in [-0.2, -0.15) is 24.4 Å². The molecule has 0 spiro atoms. The first-order chi connectivity index (χ1) is 15.4. The zero-order valence-corrected chi connectivity index (χ0v) is 18.3. The van der Waals surface area contributed by atoms with Crippen molar-refractivity contribution >= 4 is 47.3 Å². The minimum Gasteiger partial charge on any atom is -0.267 e. The summed E-state index contributed by atoms with van der Waals surface area (Å²) in [5, 5.41) is 28.6. The molecule has 1 saturated heterocycles. The number of nitrogens with zero attached hydrogens (tertiary/aromatic N) is 5. The third-order valence-electron chi connectivity index (χ3n) is 5.10. The van der Waals surface area contributed by atoms with Crippen molar-refractivity contribution in [2.75, 3.05) is 12.5 Å². The zero-order valence-electron chi connectivity index (χ0n) is 16.7. The standard InChI is InChI=1S/C22H11N5O3S2/c1-31-26-20(28)19(21(29)27(32-2)22(26)30)18-15-6-11(8-23)3-4-14(15)17-13(10-25)5-12(9-24)7-16(17)18/h3-7H,1-2H3. The van der Waals surface area contributed by atoms with Gasteiger partial charge in [-0.05, 0) is 64.9 Å². The van der Waals surface area contributed by atoms with Crippen LogP contribution in [0.5, 0.6) is 0 Å². The van der Waals surface area contributed by atoms with Crippen molar-refractivity contribution in [3.8, 4) is 29.3 Å². The van der Waals surface area contributed by atoms with Gasteiger partial charge in [-0.3, -0.25) is 9.59 Å². The van der Waals surface area contributed by atoms with Crippen LogP contribution in [-0.2, 0) is 9.59 Å². The third-order valence-corrected chi connectivity index (χ3v) is 6.48. The number of carbonyl (C=O) groups excluding carboxylic acids is 3. The lowest BCUT2D eigenvalue weighted by Crippen LogP contribution is -2.50. The van der Waals surface area contributed by atoms with Crippen molar-refractivity contribution in [1.29, 1.82) is 15.8 Å². The third kappa shape index (κ3) is 2.88. The number of rotatable bonds is 2. The molecule has 1 heterocycles. The van der Waals surface area contributed by atoms with Crippen LogP contribution in [0.2, 0.25) is 0 Å². The van der Waals surface area contributed by atoms with Gasteiger partial charge in [0.1, 0.15) is 5.57 Å². The largest absolute Gasteiger partial charge is 0.354 e. The van der Waals surface area contributed by atoms with E-state index in [1.165, 1.54) is 30.7 Å². The van der Waals surface area contributed by atoms with Crippen LogP contribution < -0.4 is 0 Å². The summed E-state index contributed by atoms with van der Waals surface area (Å²) in [6.45, 7) is 0. The van der Waals surface area contributed by atoms with E-state index in [-0.39, 0.29) is 22.3 Å². The van der Waals surface area contributed by atoms with Crippen LogP contribution in [0.4, 0.5) is 4.79 Å². The second kappa shape index (κ2) is 7.90. The highest BCUT2D eigenvalue weighted by atomic mass is 32.2. The second-order valence-electron chi connectivity index (χ2n) is 6.64. The van der Waals surface area contributed by atoms with Crippen LogP contribution in [0.25, 0.3) is 16.7 Å². The molecular formula is C22H11N5O3S2. The van der Waals surface area contributed by atoms with Gasteiger partial charge in [0.15, 0.2) is 0 Å². The van der Waals surface area contributed by atoms with Gasteiger partial charge in [0.2, 0.25) is 0 Å². The molecule has 0 atom stereocenters. The summed E-state index contributed by atoms with van der Waals surface area (Å²) in [7, 11) is 0. The quantitative estimate of drug-likeness (QED) is 0.325. The summed E-state index contributed by atoms with van der Waals surface area (Å²) in [4.78, 5) is 39.1. The van der Waals surface area contributed by atoms with Crippen LogP contribution in [0.15, 0.2) is 35.9 Å². The highest BCUT2D eigenvalue weighted by molar-refractivity contribution is 7.98. The Bertz CT molecular complexity index is 1380. The highest BCUT2D eigenvalue weighted by Gasteiger charge is 2.46. The maximum atomic E-state index is 13.3. The molecule has 154 valence electrons. The number of hydrogen-bond acceptors (Lipinski definition) is 8. The molecule has 2 aromatic rings. The number of carbonyl (C=O) groups is 3. The average Bonchev–Trinajstić information content (AvgIpc) is 3.12. The van der Waals surface area contributed by atoms with E-state index in [0.717, 1.165) is 32.5 Å². The maximum Gasteiger partial charge on any atom is 0.354 e. The molecule has 0 unspecified atom stereocenters. The van der Waals surface area contributed by atoms with E-state index in [2.05, 4.69) is 6.07 Å². The summed E-state index contributed by atoms with van der Waals surface area (Å²) >= 11 is 1.73. The summed E-state index contributed by atoms with van der Waals surface area (Å²) in [5.74, 6) is -1.59. The SMILES string of the molecule is CSN1C(=O)C(=C2c3cc(C#N)ccc3-c3c(C#N)cc(C#N)cc32)C(=O)N(SC)C1=O. The van der Waals surface area contributed by atoms with Crippen molar-refractivity contribution in [3.05, 3.63) is 63.7 Å². The lowest BCUT2D eigenvalue weighted by Gasteiger charge is -2.31. The smallest absolute Gasteiger partial charge is 0.267 e. The topological polar surface area (TPSA) is 129 Å². The first-order valence-corrected chi connectivity index (χ1v) is 11.4. The molecular weight excluding hydrogens is 446 g/mol. The molecule has 0 N–H and O–H groups in total. The Morgan fingerprint density at radius 2 is 1.31 bits per heavy atom. The van der Waals surface area contributed by atoms with E-state index in [4.69, 9.17) is 0 Å². The summed E-state index contributed by atoms with van der Waals surface area (Å²) in [6, 6.07) is 13.0. The van der Waals surface area contributed by atoms with Gasteiger partial charge in [-0.15, -0.1) is 0 Å². The Labute approximate surface area is 191 Å². The van der Waals surface area contributed by atoms with Gasteiger partial charge < -0.3 is 0 Å². The fourth-order valence-electron chi connectivity index (χ4n) is 3.82. The Balaban J connectivity index is 2.17. The molecule has 8 nitrogen and oxygen atoms in total. The van der Waals surface area contributed by atoms with Crippen molar-refractivity contribution in [2.45, 2.75) is 0 Å².